The maximum Gasteiger partial charge on any atom is 0.185 e. The first-order valence-electron chi connectivity index (χ1n) is 6.77. The highest BCUT2D eigenvalue weighted by Gasteiger charge is 2.04. The highest BCUT2D eigenvalue weighted by Crippen LogP contribution is 2.18. The first-order valence-corrected chi connectivity index (χ1v) is 6.77. The van der Waals surface area contributed by atoms with Crippen molar-refractivity contribution in [1.29, 1.82) is 0 Å². The van der Waals surface area contributed by atoms with Gasteiger partial charge in [-0.25, -0.2) is 0 Å². The number of benzene rings is 2. The molecule has 0 saturated heterocycles. The molecular weight excluding hydrogens is 262 g/mol. The lowest BCUT2D eigenvalue weighted by Gasteiger charge is -2.11. The number of hydrogen-bond donors (Lipinski definition) is 1. The molecule has 0 bridgehead atoms. The van der Waals surface area contributed by atoms with Crippen molar-refractivity contribution in [2.24, 2.45) is 0 Å². The van der Waals surface area contributed by atoms with Crippen LogP contribution in [0.5, 0.6) is 5.75 Å². The van der Waals surface area contributed by atoms with Crippen molar-refractivity contribution >= 4 is 17.5 Å². The number of allylic oxidation sites excluding steroid dienone is 1. The van der Waals surface area contributed by atoms with Crippen LogP contribution in [0.25, 0.3) is 6.08 Å². The fourth-order valence-corrected chi connectivity index (χ4v) is 1.96. The van der Waals surface area contributed by atoms with Crippen molar-refractivity contribution in [3.8, 4) is 5.75 Å². The summed E-state index contributed by atoms with van der Waals surface area (Å²) in [6.45, 7) is 1.77. The van der Waals surface area contributed by atoms with Crippen molar-refractivity contribution in [2.75, 3.05) is 19.0 Å². The van der Waals surface area contributed by atoms with Gasteiger partial charge in [-0.3, -0.25) is 4.79 Å². The summed E-state index contributed by atoms with van der Waals surface area (Å²) in [5.74, 6) is 0.129. The van der Waals surface area contributed by atoms with Gasteiger partial charge < -0.3 is 10.0 Å². The van der Waals surface area contributed by atoms with E-state index in [1.807, 2.05) is 43.3 Å². The fraction of sp³-hybridized carbons (Fsp3) is 0.167. The number of carbonyl (C=O) groups excluding carboxylic acids is 1. The topological polar surface area (TPSA) is 40.5 Å². The SMILES string of the molecule is Cc1cc(C(=O)/C=C/c2ccc(N(C)C)cc2)ccc1O. The van der Waals surface area contributed by atoms with Crippen LogP contribution in [0, 0.1) is 6.92 Å². The zero-order valence-electron chi connectivity index (χ0n) is 12.5. The zero-order valence-corrected chi connectivity index (χ0v) is 12.5. The summed E-state index contributed by atoms with van der Waals surface area (Å²) >= 11 is 0. The molecule has 108 valence electrons. The molecule has 3 heteroatoms. The van der Waals surface area contributed by atoms with Crippen LogP contribution in [0.15, 0.2) is 48.5 Å². The standard InChI is InChI=1S/C18H19NO2/c1-13-12-15(7-11-17(13)20)18(21)10-6-14-4-8-16(9-5-14)19(2)3/h4-12,20H,1-3H3/b10-6+. The second-order valence-electron chi connectivity index (χ2n) is 5.18. The van der Waals surface area contributed by atoms with Gasteiger partial charge in [-0.2, -0.15) is 0 Å². The first-order chi connectivity index (χ1) is 9.97. The maximum atomic E-state index is 12.1. The average Bonchev–Trinajstić information content (AvgIpc) is 2.48. The summed E-state index contributed by atoms with van der Waals surface area (Å²) in [6.07, 6.45) is 3.35. The summed E-state index contributed by atoms with van der Waals surface area (Å²) in [6, 6.07) is 12.8. The minimum atomic E-state index is -0.0743. The molecule has 1 N–H and O–H groups in total. The molecule has 0 atom stereocenters. The van der Waals surface area contributed by atoms with Gasteiger partial charge in [0.25, 0.3) is 0 Å². The number of carbonyl (C=O) groups is 1. The minimum Gasteiger partial charge on any atom is -0.508 e. The molecule has 0 saturated carbocycles. The summed E-state index contributed by atoms with van der Waals surface area (Å²) in [5, 5.41) is 9.47. The van der Waals surface area contributed by atoms with E-state index in [1.165, 1.54) is 0 Å². The molecule has 0 radical (unpaired) electrons. The maximum absolute atomic E-state index is 12.1. The molecule has 0 aliphatic rings. The third-order valence-corrected chi connectivity index (χ3v) is 3.32. The number of hydrogen-bond acceptors (Lipinski definition) is 3. The molecule has 2 rings (SSSR count). The second kappa shape index (κ2) is 6.27. The van der Waals surface area contributed by atoms with E-state index >= 15 is 0 Å². The molecule has 0 aromatic heterocycles. The molecule has 0 spiro atoms. The predicted octanol–water partition coefficient (Wildman–Crippen LogP) is 3.66. The summed E-state index contributed by atoms with van der Waals surface area (Å²) in [7, 11) is 3.98. The number of aryl methyl sites for hydroxylation is 1. The average molecular weight is 281 g/mol. The Balaban J connectivity index is 2.12. The fourth-order valence-electron chi connectivity index (χ4n) is 1.96. The van der Waals surface area contributed by atoms with Crippen LogP contribution < -0.4 is 4.90 Å². The van der Waals surface area contributed by atoms with Crippen molar-refractivity contribution in [3.63, 3.8) is 0 Å². The third kappa shape index (κ3) is 3.72. The molecule has 0 aliphatic heterocycles. The van der Waals surface area contributed by atoms with Crippen LogP contribution in [0.2, 0.25) is 0 Å². The number of rotatable bonds is 4. The van der Waals surface area contributed by atoms with Crippen molar-refractivity contribution in [3.05, 3.63) is 65.2 Å². The summed E-state index contributed by atoms with van der Waals surface area (Å²) < 4.78 is 0. The van der Waals surface area contributed by atoms with Crippen LogP contribution in [-0.4, -0.2) is 25.0 Å². The monoisotopic (exact) mass is 281 g/mol. The van der Waals surface area contributed by atoms with Gasteiger partial charge in [-0.15, -0.1) is 0 Å². The number of aromatic hydroxyl groups is 1. The largest absolute Gasteiger partial charge is 0.508 e. The molecule has 0 heterocycles. The Morgan fingerprint density at radius 1 is 1.10 bits per heavy atom. The van der Waals surface area contributed by atoms with E-state index in [9.17, 15) is 9.90 Å². The molecule has 0 unspecified atom stereocenters. The van der Waals surface area contributed by atoms with E-state index in [0.717, 1.165) is 11.3 Å². The lowest BCUT2D eigenvalue weighted by Crippen LogP contribution is -2.07. The molecule has 21 heavy (non-hydrogen) atoms. The normalized spacial score (nSPS) is 10.8. The van der Waals surface area contributed by atoms with E-state index in [2.05, 4.69) is 0 Å². The highest BCUT2D eigenvalue weighted by molar-refractivity contribution is 6.07. The number of ketones is 1. The van der Waals surface area contributed by atoms with Gasteiger partial charge >= 0.3 is 0 Å². The van der Waals surface area contributed by atoms with E-state index in [0.29, 0.717) is 11.1 Å². The third-order valence-electron chi connectivity index (χ3n) is 3.32. The van der Waals surface area contributed by atoms with Gasteiger partial charge in [0.1, 0.15) is 5.75 Å². The minimum absolute atomic E-state index is 0.0743. The van der Waals surface area contributed by atoms with E-state index in [1.54, 1.807) is 37.3 Å². The Labute approximate surface area is 125 Å². The number of nitrogens with zero attached hydrogens (tertiary/aromatic N) is 1. The van der Waals surface area contributed by atoms with Crippen LogP contribution >= 0.6 is 0 Å². The van der Waals surface area contributed by atoms with Gasteiger partial charge in [0.2, 0.25) is 0 Å². The van der Waals surface area contributed by atoms with Gasteiger partial charge in [0.05, 0.1) is 0 Å². The van der Waals surface area contributed by atoms with Crippen LogP contribution in [0.3, 0.4) is 0 Å². The quantitative estimate of drug-likeness (QED) is 0.686. The molecular formula is C18H19NO2. The molecule has 0 fully saturated rings. The van der Waals surface area contributed by atoms with E-state index in [4.69, 9.17) is 0 Å². The smallest absolute Gasteiger partial charge is 0.185 e. The summed E-state index contributed by atoms with van der Waals surface area (Å²) in [4.78, 5) is 14.1. The van der Waals surface area contributed by atoms with Crippen LogP contribution in [-0.2, 0) is 0 Å². The molecule has 0 amide bonds. The van der Waals surface area contributed by atoms with Gasteiger partial charge in [-0.05, 0) is 54.5 Å². The highest BCUT2D eigenvalue weighted by atomic mass is 16.3. The Morgan fingerprint density at radius 3 is 2.33 bits per heavy atom. The van der Waals surface area contributed by atoms with Crippen molar-refractivity contribution in [2.45, 2.75) is 6.92 Å². The van der Waals surface area contributed by atoms with Crippen LogP contribution in [0.4, 0.5) is 5.69 Å². The van der Waals surface area contributed by atoms with Crippen LogP contribution in [0.1, 0.15) is 21.5 Å². The molecule has 2 aromatic carbocycles. The second-order valence-corrected chi connectivity index (χ2v) is 5.18. The molecule has 0 aliphatic carbocycles. The Bertz CT molecular complexity index is 670. The number of phenolic OH excluding ortho intramolecular Hbond substituents is 1. The Hall–Kier alpha value is -2.55. The van der Waals surface area contributed by atoms with Gasteiger partial charge in [0, 0.05) is 25.3 Å². The van der Waals surface area contributed by atoms with Crippen molar-refractivity contribution in [1.82, 2.24) is 0 Å². The first kappa shape index (κ1) is 14.9. The number of anilines is 1. The lowest BCUT2D eigenvalue weighted by molar-refractivity contribution is 0.104. The van der Waals surface area contributed by atoms with E-state index < -0.39 is 0 Å². The van der Waals surface area contributed by atoms with E-state index in [-0.39, 0.29) is 11.5 Å². The number of phenols is 1. The van der Waals surface area contributed by atoms with Gasteiger partial charge in [0.15, 0.2) is 5.78 Å². The summed E-state index contributed by atoms with van der Waals surface area (Å²) in [5.41, 5.74) is 3.37. The molecule has 3 nitrogen and oxygen atoms in total. The van der Waals surface area contributed by atoms with Crippen molar-refractivity contribution < 1.29 is 9.90 Å². The predicted molar refractivity (Wildman–Crippen MR) is 87.0 cm³/mol. The Kier molecular flexibility index (Phi) is 4.43. The lowest BCUT2D eigenvalue weighted by atomic mass is 10.1. The molecule has 2 aromatic rings. The zero-order chi connectivity index (χ0) is 15.4. The Morgan fingerprint density at radius 2 is 1.76 bits per heavy atom. The van der Waals surface area contributed by atoms with Gasteiger partial charge in [-0.1, -0.05) is 18.2 Å².